The number of halogens is 1. The summed E-state index contributed by atoms with van der Waals surface area (Å²) in [4.78, 5) is 19.4. The molecule has 2 saturated carbocycles. The SMILES string of the molecule is NC[C@]1(c2cccc(Cl)c2)CC[C@H](N(CC2CC2)C(=O)c2ccncc2)CC1. The average molecular weight is 398 g/mol. The lowest BCUT2D eigenvalue weighted by Gasteiger charge is -2.43. The van der Waals surface area contributed by atoms with Gasteiger partial charge >= 0.3 is 0 Å². The summed E-state index contributed by atoms with van der Waals surface area (Å²) in [6.45, 7) is 1.49. The van der Waals surface area contributed by atoms with E-state index < -0.39 is 0 Å². The molecule has 2 aromatic rings. The number of carbonyl (C=O) groups excluding carboxylic acids is 1. The number of nitrogens with zero attached hydrogens (tertiary/aromatic N) is 2. The van der Waals surface area contributed by atoms with Crippen molar-refractivity contribution in [2.45, 2.75) is 50.0 Å². The molecule has 0 unspecified atom stereocenters. The molecule has 1 aromatic heterocycles. The maximum absolute atomic E-state index is 13.2. The van der Waals surface area contributed by atoms with E-state index >= 15 is 0 Å². The van der Waals surface area contributed by atoms with Gasteiger partial charge in [-0.25, -0.2) is 0 Å². The van der Waals surface area contributed by atoms with Crippen molar-refractivity contribution in [3.05, 3.63) is 64.9 Å². The summed E-state index contributed by atoms with van der Waals surface area (Å²) in [5.41, 5.74) is 8.19. The zero-order valence-electron chi connectivity index (χ0n) is 16.2. The number of aromatic nitrogens is 1. The van der Waals surface area contributed by atoms with E-state index in [0.29, 0.717) is 12.5 Å². The molecule has 148 valence electrons. The lowest BCUT2D eigenvalue weighted by atomic mass is 9.68. The van der Waals surface area contributed by atoms with Gasteiger partial charge < -0.3 is 10.6 Å². The van der Waals surface area contributed by atoms with Crippen LogP contribution in [-0.2, 0) is 5.41 Å². The van der Waals surface area contributed by atoms with E-state index in [2.05, 4.69) is 22.0 Å². The Morgan fingerprint density at radius 3 is 2.46 bits per heavy atom. The van der Waals surface area contributed by atoms with Crippen molar-refractivity contribution >= 4 is 17.5 Å². The molecule has 0 spiro atoms. The molecule has 28 heavy (non-hydrogen) atoms. The highest BCUT2D eigenvalue weighted by Gasteiger charge is 2.40. The molecule has 0 saturated heterocycles. The molecule has 0 bridgehead atoms. The van der Waals surface area contributed by atoms with E-state index in [-0.39, 0.29) is 17.4 Å². The minimum absolute atomic E-state index is 0.0354. The highest BCUT2D eigenvalue weighted by molar-refractivity contribution is 6.30. The first-order valence-electron chi connectivity index (χ1n) is 10.3. The fraction of sp³-hybridized carbons (Fsp3) is 0.478. The van der Waals surface area contributed by atoms with Gasteiger partial charge in [0.05, 0.1) is 0 Å². The van der Waals surface area contributed by atoms with E-state index in [1.54, 1.807) is 12.4 Å². The van der Waals surface area contributed by atoms with Crippen molar-refractivity contribution in [2.75, 3.05) is 13.1 Å². The lowest BCUT2D eigenvalue weighted by molar-refractivity contribution is 0.0581. The standard InChI is InChI=1S/C23H28ClN3O/c24-20-3-1-2-19(14-20)23(16-25)10-6-21(7-11-23)27(15-17-4-5-17)22(28)18-8-12-26-13-9-18/h1-3,8-9,12-14,17,21H,4-7,10-11,15-16,25H2/t21-,23-. The molecular weight excluding hydrogens is 370 g/mol. The van der Waals surface area contributed by atoms with Crippen LogP contribution >= 0.6 is 11.6 Å². The van der Waals surface area contributed by atoms with Gasteiger partial charge in [0.2, 0.25) is 0 Å². The number of hydrogen-bond donors (Lipinski definition) is 1. The maximum Gasteiger partial charge on any atom is 0.254 e. The van der Waals surface area contributed by atoms with E-state index in [9.17, 15) is 4.79 Å². The van der Waals surface area contributed by atoms with Crippen LogP contribution < -0.4 is 5.73 Å². The molecule has 1 aromatic carbocycles. The minimum Gasteiger partial charge on any atom is -0.335 e. The van der Waals surface area contributed by atoms with Crippen LogP contribution in [0.25, 0.3) is 0 Å². The Hall–Kier alpha value is -1.91. The first-order chi connectivity index (χ1) is 13.6. The molecule has 0 aliphatic heterocycles. The van der Waals surface area contributed by atoms with Crippen LogP contribution in [0.3, 0.4) is 0 Å². The first kappa shape index (κ1) is 19.4. The van der Waals surface area contributed by atoms with E-state index in [4.69, 9.17) is 17.3 Å². The van der Waals surface area contributed by atoms with Gasteiger partial charge in [0.1, 0.15) is 0 Å². The molecule has 2 aliphatic rings. The van der Waals surface area contributed by atoms with E-state index in [1.807, 2.05) is 24.3 Å². The van der Waals surface area contributed by atoms with Gasteiger partial charge in [0, 0.05) is 47.5 Å². The van der Waals surface area contributed by atoms with Gasteiger partial charge in [-0.3, -0.25) is 9.78 Å². The predicted octanol–water partition coefficient (Wildman–Crippen LogP) is 4.43. The van der Waals surface area contributed by atoms with Crippen molar-refractivity contribution in [3.63, 3.8) is 0 Å². The largest absolute Gasteiger partial charge is 0.335 e. The van der Waals surface area contributed by atoms with Crippen molar-refractivity contribution in [1.29, 1.82) is 0 Å². The Morgan fingerprint density at radius 2 is 1.86 bits per heavy atom. The molecule has 2 N–H and O–H groups in total. The summed E-state index contributed by atoms with van der Waals surface area (Å²) >= 11 is 6.24. The number of benzene rings is 1. The van der Waals surface area contributed by atoms with Crippen molar-refractivity contribution in [2.24, 2.45) is 11.7 Å². The zero-order valence-corrected chi connectivity index (χ0v) is 16.9. The fourth-order valence-electron chi connectivity index (χ4n) is 4.53. The quantitative estimate of drug-likeness (QED) is 0.784. The third kappa shape index (κ3) is 4.08. The summed E-state index contributed by atoms with van der Waals surface area (Å²) in [6.07, 6.45) is 9.80. The normalized spacial score (nSPS) is 24.7. The summed E-state index contributed by atoms with van der Waals surface area (Å²) in [5.74, 6) is 0.808. The molecule has 2 fully saturated rings. The number of nitrogens with two attached hydrogens (primary N) is 1. The van der Waals surface area contributed by atoms with Crippen LogP contribution in [0.5, 0.6) is 0 Å². The summed E-state index contributed by atoms with van der Waals surface area (Å²) in [6, 6.07) is 12.0. The monoisotopic (exact) mass is 397 g/mol. The third-order valence-electron chi connectivity index (χ3n) is 6.52. The van der Waals surface area contributed by atoms with Gasteiger partial charge in [-0.15, -0.1) is 0 Å². The highest BCUT2D eigenvalue weighted by Crippen LogP contribution is 2.42. The van der Waals surface area contributed by atoms with Crippen LogP contribution in [0.1, 0.15) is 54.4 Å². The molecule has 0 atom stereocenters. The molecule has 1 amide bonds. The number of pyridine rings is 1. The molecule has 0 radical (unpaired) electrons. The van der Waals surface area contributed by atoms with Gasteiger partial charge in [-0.2, -0.15) is 0 Å². The van der Waals surface area contributed by atoms with Gasteiger partial charge in [-0.1, -0.05) is 23.7 Å². The summed E-state index contributed by atoms with van der Waals surface area (Å²) in [7, 11) is 0. The molecule has 4 nitrogen and oxygen atoms in total. The maximum atomic E-state index is 13.2. The fourth-order valence-corrected chi connectivity index (χ4v) is 4.72. The van der Waals surface area contributed by atoms with Gasteiger partial charge in [-0.05, 0) is 74.3 Å². The summed E-state index contributed by atoms with van der Waals surface area (Å²) < 4.78 is 0. The minimum atomic E-state index is -0.0354. The zero-order chi connectivity index (χ0) is 19.6. The number of hydrogen-bond acceptors (Lipinski definition) is 3. The second-order valence-corrected chi connectivity index (χ2v) is 8.80. The van der Waals surface area contributed by atoms with Crippen LogP contribution in [0.15, 0.2) is 48.8 Å². The molecule has 2 aliphatic carbocycles. The number of carbonyl (C=O) groups is 1. The van der Waals surface area contributed by atoms with Crippen molar-refractivity contribution in [1.82, 2.24) is 9.88 Å². The van der Waals surface area contributed by atoms with Gasteiger partial charge in [0.15, 0.2) is 0 Å². The van der Waals surface area contributed by atoms with Gasteiger partial charge in [0.25, 0.3) is 5.91 Å². The number of amides is 1. The Kier molecular flexibility index (Phi) is 5.70. The Morgan fingerprint density at radius 1 is 1.14 bits per heavy atom. The first-order valence-corrected chi connectivity index (χ1v) is 10.7. The van der Waals surface area contributed by atoms with Crippen molar-refractivity contribution in [3.8, 4) is 0 Å². The van der Waals surface area contributed by atoms with Crippen LogP contribution in [0.4, 0.5) is 0 Å². The Labute approximate surface area is 172 Å². The van der Waals surface area contributed by atoms with Crippen LogP contribution in [0.2, 0.25) is 5.02 Å². The second kappa shape index (κ2) is 8.22. The van der Waals surface area contributed by atoms with Crippen LogP contribution in [-0.4, -0.2) is 34.9 Å². The summed E-state index contributed by atoms with van der Waals surface area (Å²) in [5, 5.41) is 0.760. The van der Waals surface area contributed by atoms with Crippen LogP contribution in [0, 0.1) is 5.92 Å². The third-order valence-corrected chi connectivity index (χ3v) is 6.76. The molecule has 4 rings (SSSR count). The van der Waals surface area contributed by atoms with Crippen molar-refractivity contribution < 1.29 is 4.79 Å². The molecule has 1 heterocycles. The van der Waals surface area contributed by atoms with E-state index in [0.717, 1.165) is 42.8 Å². The Bertz CT molecular complexity index is 814. The molecule has 5 heteroatoms. The second-order valence-electron chi connectivity index (χ2n) is 8.36. The topological polar surface area (TPSA) is 59.2 Å². The predicted molar refractivity (Wildman–Crippen MR) is 112 cm³/mol. The average Bonchev–Trinajstić information content (AvgIpc) is 3.57. The van der Waals surface area contributed by atoms with E-state index in [1.165, 1.54) is 18.4 Å². The molecular formula is C23H28ClN3O. The lowest BCUT2D eigenvalue weighted by Crippen LogP contribution is -2.48. The smallest absolute Gasteiger partial charge is 0.254 e. The number of rotatable bonds is 6. The highest BCUT2D eigenvalue weighted by atomic mass is 35.5. The Balaban J connectivity index is 1.51.